The van der Waals surface area contributed by atoms with Gasteiger partial charge in [0.1, 0.15) is 6.33 Å². The lowest BCUT2D eigenvalue weighted by Gasteiger charge is -2.16. The maximum absolute atomic E-state index is 12.1. The molecule has 3 N–H and O–H groups in total. The maximum Gasteiger partial charge on any atom is 0.354 e. The molecule has 0 fully saturated rings. The van der Waals surface area contributed by atoms with E-state index in [1.165, 1.54) is 6.33 Å². The molecule has 0 aliphatic carbocycles. The molecular formula is C20H20N6O3. The molecule has 0 saturated carbocycles. The predicted octanol–water partition coefficient (Wildman–Crippen LogP) is 3.24. The molecule has 1 atom stereocenters. The highest BCUT2D eigenvalue weighted by molar-refractivity contribution is 5.81. The van der Waals surface area contributed by atoms with Gasteiger partial charge in [0, 0.05) is 0 Å². The molecule has 9 nitrogen and oxygen atoms in total. The number of hydrogen-bond acceptors (Lipinski definition) is 7. The van der Waals surface area contributed by atoms with E-state index in [1.54, 1.807) is 0 Å². The van der Waals surface area contributed by atoms with Gasteiger partial charge in [0.15, 0.2) is 0 Å². The summed E-state index contributed by atoms with van der Waals surface area (Å²) in [6, 6.07) is 18.4. The summed E-state index contributed by atoms with van der Waals surface area (Å²) in [5.74, 6) is -0.397. The minimum Gasteiger partial charge on any atom is -0.358 e. The second-order valence-corrected chi connectivity index (χ2v) is 6.29. The van der Waals surface area contributed by atoms with Gasteiger partial charge in [0.05, 0.1) is 17.4 Å². The topological polar surface area (TPSA) is 122 Å². The smallest absolute Gasteiger partial charge is 0.354 e. The SMILES string of the molecule is CC(Nc1ncnc(NNC(=O)Cc2ccccc2)c1[N+](=O)[O-])c1ccccc1. The summed E-state index contributed by atoms with van der Waals surface area (Å²) >= 11 is 0. The van der Waals surface area contributed by atoms with Gasteiger partial charge in [0.25, 0.3) is 0 Å². The molecule has 9 heteroatoms. The zero-order valence-electron chi connectivity index (χ0n) is 15.7. The van der Waals surface area contributed by atoms with Crippen molar-refractivity contribution in [2.75, 3.05) is 10.7 Å². The Labute approximate surface area is 167 Å². The average molecular weight is 392 g/mol. The fourth-order valence-corrected chi connectivity index (χ4v) is 2.73. The van der Waals surface area contributed by atoms with Crippen molar-refractivity contribution in [3.8, 4) is 0 Å². The first kappa shape index (κ1) is 19.7. The third kappa shape index (κ3) is 5.25. The van der Waals surface area contributed by atoms with Crippen LogP contribution in [-0.4, -0.2) is 20.8 Å². The van der Waals surface area contributed by atoms with Crippen molar-refractivity contribution in [1.29, 1.82) is 0 Å². The number of aromatic nitrogens is 2. The van der Waals surface area contributed by atoms with Gasteiger partial charge < -0.3 is 5.32 Å². The van der Waals surface area contributed by atoms with Gasteiger partial charge in [-0.15, -0.1) is 0 Å². The molecule has 1 unspecified atom stereocenters. The summed E-state index contributed by atoms with van der Waals surface area (Å²) in [5, 5.41) is 14.7. The highest BCUT2D eigenvalue weighted by Gasteiger charge is 2.24. The van der Waals surface area contributed by atoms with Crippen molar-refractivity contribution in [2.24, 2.45) is 0 Å². The summed E-state index contributed by atoms with van der Waals surface area (Å²) < 4.78 is 0. The Hall–Kier alpha value is -4.01. The second kappa shape index (κ2) is 9.27. The number of nitro groups is 1. The summed E-state index contributed by atoms with van der Waals surface area (Å²) in [7, 11) is 0. The van der Waals surface area contributed by atoms with Crippen LogP contribution < -0.4 is 16.2 Å². The van der Waals surface area contributed by atoms with E-state index in [4.69, 9.17) is 0 Å². The van der Waals surface area contributed by atoms with Gasteiger partial charge in [-0.05, 0) is 18.1 Å². The van der Waals surface area contributed by atoms with E-state index in [-0.39, 0.29) is 35.7 Å². The Balaban J connectivity index is 1.73. The fourth-order valence-electron chi connectivity index (χ4n) is 2.73. The highest BCUT2D eigenvalue weighted by Crippen LogP contribution is 2.31. The monoisotopic (exact) mass is 392 g/mol. The molecule has 1 aromatic heterocycles. The number of nitrogens with one attached hydrogen (secondary N) is 3. The first-order valence-electron chi connectivity index (χ1n) is 8.94. The normalized spacial score (nSPS) is 11.3. The number of rotatable bonds is 8. The van der Waals surface area contributed by atoms with Crippen LogP contribution in [0.15, 0.2) is 67.0 Å². The van der Waals surface area contributed by atoms with Gasteiger partial charge in [-0.25, -0.2) is 9.97 Å². The lowest BCUT2D eigenvalue weighted by Crippen LogP contribution is -2.31. The fraction of sp³-hybridized carbons (Fsp3) is 0.150. The van der Waals surface area contributed by atoms with Crippen LogP contribution >= 0.6 is 0 Å². The zero-order chi connectivity index (χ0) is 20.6. The van der Waals surface area contributed by atoms with E-state index >= 15 is 0 Å². The number of carbonyl (C=O) groups excluding carboxylic acids is 1. The van der Waals surface area contributed by atoms with Crippen LogP contribution in [0.5, 0.6) is 0 Å². The summed E-state index contributed by atoms with van der Waals surface area (Å²) in [4.78, 5) is 31.1. The first-order valence-corrected chi connectivity index (χ1v) is 8.94. The number of benzene rings is 2. The molecular weight excluding hydrogens is 372 g/mol. The van der Waals surface area contributed by atoms with Crippen LogP contribution in [0.25, 0.3) is 0 Å². The minimum atomic E-state index is -0.592. The molecule has 0 saturated heterocycles. The molecule has 2 aromatic carbocycles. The summed E-state index contributed by atoms with van der Waals surface area (Å²) in [6.07, 6.45) is 1.32. The van der Waals surface area contributed by atoms with E-state index in [0.717, 1.165) is 11.1 Å². The quantitative estimate of drug-likeness (QED) is 0.397. The second-order valence-electron chi connectivity index (χ2n) is 6.29. The van der Waals surface area contributed by atoms with Crippen LogP contribution in [0.2, 0.25) is 0 Å². The van der Waals surface area contributed by atoms with E-state index in [2.05, 4.69) is 26.1 Å². The number of carbonyl (C=O) groups is 1. The Bertz CT molecular complexity index is 982. The lowest BCUT2D eigenvalue weighted by atomic mass is 10.1. The van der Waals surface area contributed by atoms with Gasteiger partial charge in [-0.1, -0.05) is 60.7 Å². The Morgan fingerprint density at radius 1 is 1.03 bits per heavy atom. The molecule has 0 aliphatic rings. The van der Waals surface area contributed by atoms with Gasteiger partial charge in [-0.2, -0.15) is 0 Å². The lowest BCUT2D eigenvalue weighted by molar-refractivity contribution is -0.383. The van der Waals surface area contributed by atoms with Crippen molar-refractivity contribution in [2.45, 2.75) is 19.4 Å². The molecule has 1 amide bonds. The van der Waals surface area contributed by atoms with Crippen molar-refractivity contribution >= 4 is 23.2 Å². The highest BCUT2D eigenvalue weighted by atomic mass is 16.6. The molecule has 0 aliphatic heterocycles. The van der Waals surface area contributed by atoms with Gasteiger partial charge >= 0.3 is 5.69 Å². The van der Waals surface area contributed by atoms with Crippen molar-refractivity contribution < 1.29 is 9.72 Å². The van der Waals surface area contributed by atoms with E-state index < -0.39 is 4.92 Å². The van der Waals surface area contributed by atoms with Crippen LogP contribution in [-0.2, 0) is 11.2 Å². The predicted molar refractivity (Wildman–Crippen MR) is 109 cm³/mol. The standard InChI is InChI=1S/C20H20N6O3/c1-14(16-10-6-3-7-11-16)23-19-18(26(28)29)20(22-13-21-19)25-24-17(27)12-15-8-4-2-5-9-15/h2-11,13-14H,12H2,1H3,(H,24,27)(H2,21,22,23,25). The van der Waals surface area contributed by atoms with E-state index in [1.807, 2.05) is 67.6 Å². The average Bonchev–Trinajstić information content (AvgIpc) is 2.73. The molecule has 3 aromatic rings. The largest absolute Gasteiger partial charge is 0.358 e. The number of hydrogen-bond donors (Lipinski definition) is 3. The molecule has 0 spiro atoms. The molecule has 0 bridgehead atoms. The zero-order valence-corrected chi connectivity index (χ0v) is 15.7. The number of hydrazine groups is 1. The molecule has 29 heavy (non-hydrogen) atoms. The number of nitrogens with zero attached hydrogens (tertiary/aromatic N) is 3. The van der Waals surface area contributed by atoms with E-state index in [0.29, 0.717) is 0 Å². The van der Waals surface area contributed by atoms with Gasteiger partial charge in [-0.3, -0.25) is 25.8 Å². The van der Waals surface area contributed by atoms with Crippen molar-refractivity contribution in [1.82, 2.24) is 15.4 Å². The first-order chi connectivity index (χ1) is 14.0. The summed E-state index contributed by atoms with van der Waals surface area (Å²) in [5.41, 5.74) is 6.40. The molecule has 3 rings (SSSR count). The summed E-state index contributed by atoms with van der Waals surface area (Å²) in [6.45, 7) is 1.87. The minimum absolute atomic E-state index is 0.0566. The Morgan fingerprint density at radius 3 is 2.31 bits per heavy atom. The molecule has 0 radical (unpaired) electrons. The van der Waals surface area contributed by atoms with Crippen LogP contribution in [0.4, 0.5) is 17.3 Å². The number of anilines is 2. The van der Waals surface area contributed by atoms with Crippen molar-refractivity contribution in [3.63, 3.8) is 0 Å². The van der Waals surface area contributed by atoms with Crippen molar-refractivity contribution in [3.05, 3.63) is 88.2 Å². The maximum atomic E-state index is 12.1. The van der Waals surface area contributed by atoms with Crippen LogP contribution in [0.1, 0.15) is 24.1 Å². The van der Waals surface area contributed by atoms with Crippen LogP contribution in [0.3, 0.4) is 0 Å². The Morgan fingerprint density at radius 2 is 1.66 bits per heavy atom. The molecule has 1 heterocycles. The van der Waals surface area contributed by atoms with Crippen LogP contribution in [0, 0.1) is 10.1 Å². The van der Waals surface area contributed by atoms with E-state index in [9.17, 15) is 14.9 Å². The van der Waals surface area contributed by atoms with Gasteiger partial charge in [0.2, 0.25) is 17.5 Å². The number of amides is 1. The third-order valence-electron chi connectivity index (χ3n) is 4.19. The molecule has 148 valence electrons. The third-order valence-corrected chi connectivity index (χ3v) is 4.19. The Kier molecular flexibility index (Phi) is 6.31.